The Morgan fingerprint density at radius 3 is 2.53 bits per heavy atom. The van der Waals surface area contributed by atoms with Crippen molar-refractivity contribution in [1.29, 1.82) is 0 Å². The molecular formula is C23H24FN3O3. The molecular weight excluding hydrogens is 385 g/mol. The molecule has 156 valence electrons. The molecule has 1 amide bonds. The molecule has 1 N–H and O–H groups in total. The van der Waals surface area contributed by atoms with Crippen molar-refractivity contribution in [3.63, 3.8) is 0 Å². The van der Waals surface area contributed by atoms with Crippen LogP contribution in [0.2, 0.25) is 0 Å². The highest BCUT2D eigenvalue weighted by Crippen LogP contribution is 2.32. The second-order valence-electron chi connectivity index (χ2n) is 7.40. The number of carbonyl (C=O) groups excluding carboxylic acids is 1. The molecule has 0 radical (unpaired) electrons. The number of ether oxygens (including phenoxy) is 2. The Morgan fingerprint density at radius 1 is 1.10 bits per heavy atom. The maximum Gasteiger partial charge on any atom is 0.256 e. The molecule has 0 atom stereocenters. The summed E-state index contributed by atoms with van der Waals surface area (Å²) >= 11 is 0. The van der Waals surface area contributed by atoms with Crippen molar-refractivity contribution in [1.82, 2.24) is 9.78 Å². The number of halogens is 1. The summed E-state index contributed by atoms with van der Waals surface area (Å²) < 4.78 is 26.3. The van der Waals surface area contributed by atoms with Crippen LogP contribution in [-0.4, -0.2) is 28.9 Å². The molecule has 1 aromatic heterocycles. The van der Waals surface area contributed by atoms with Crippen LogP contribution in [-0.2, 0) is 0 Å². The van der Waals surface area contributed by atoms with Crippen molar-refractivity contribution in [2.75, 3.05) is 12.4 Å². The molecule has 1 aliphatic carbocycles. The molecule has 6 nitrogen and oxygen atoms in total. The summed E-state index contributed by atoms with van der Waals surface area (Å²) in [7, 11) is 1.56. The third-order valence-electron chi connectivity index (χ3n) is 5.17. The van der Waals surface area contributed by atoms with E-state index in [1.807, 2.05) is 6.92 Å². The quantitative estimate of drug-likeness (QED) is 0.629. The van der Waals surface area contributed by atoms with Crippen LogP contribution in [0.15, 0.2) is 48.5 Å². The molecule has 1 fully saturated rings. The lowest BCUT2D eigenvalue weighted by Gasteiger charge is -2.16. The summed E-state index contributed by atoms with van der Waals surface area (Å²) in [4.78, 5) is 12.9. The van der Waals surface area contributed by atoms with Gasteiger partial charge < -0.3 is 14.8 Å². The zero-order chi connectivity index (χ0) is 21.1. The van der Waals surface area contributed by atoms with Crippen LogP contribution in [0.5, 0.6) is 11.5 Å². The second-order valence-corrected chi connectivity index (χ2v) is 7.40. The van der Waals surface area contributed by atoms with Crippen molar-refractivity contribution in [2.45, 2.75) is 38.7 Å². The maximum absolute atomic E-state index is 13.3. The molecule has 0 aliphatic heterocycles. The molecule has 2 aromatic carbocycles. The summed E-state index contributed by atoms with van der Waals surface area (Å²) in [6, 6.07) is 12.8. The number of aryl methyl sites for hydroxylation is 1. The largest absolute Gasteiger partial charge is 0.493 e. The van der Waals surface area contributed by atoms with Crippen molar-refractivity contribution in [3.8, 4) is 17.2 Å². The SMILES string of the molecule is COc1cc(C(=O)Nc2cc(C)nn2-c2ccc(F)cc2)ccc1OC1CCCC1. The molecule has 0 unspecified atom stereocenters. The third kappa shape index (κ3) is 4.30. The zero-order valence-corrected chi connectivity index (χ0v) is 17.0. The number of aromatic nitrogens is 2. The van der Waals surface area contributed by atoms with E-state index in [-0.39, 0.29) is 17.8 Å². The van der Waals surface area contributed by atoms with Gasteiger partial charge in [0.15, 0.2) is 11.5 Å². The smallest absolute Gasteiger partial charge is 0.256 e. The summed E-state index contributed by atoms with van der Waals surface area (Å²) in [5.41, 5.74) is 1.82. The number of anilines is 1. The van der Waals surface area contributed by atoms with Gasteiger partial charge in [-0.05, 0) is 75.1 Å². The van der Waals surface area contributed by atoms with Gasteiger partial charge in [-0.1, -0.05) is 0 Å². The predicted octanol–water partition coefficient (Wildman–Crippen LogP) is 4.90. The number of methoxy groups -OCH3 is 1. The predicted molar refractivity (Wildman–Crippen MR) is 112 cm³/mol. The van der Waals surface area contributed by atoms with Crippen molar-refractivity contribution < 1.29 is 18.7 Å². The fourth-order valence-electron chi connectivity index (χ4n) is 3.65. The highest BCUT2D eigenvalue weighted by atomic mass is 19.1. The van der Waals surface area contributed by atoms with E-state index in [1.165, 1.54) is 25.0 Å². The van der Waals surface area contributed by atoms with Crippen LogP contribution in [0.1, 0.15) is 41.7 Å². The normalized spacial score (nSPS) is 14.0. The molecule has 4 rings (SSSR count). The van der Waals surface area contributed by atoms with Crippen LogP contribution >= 0.6 is 0 Å². The van der Waals surface area contributed by atoms with E-state index in [2.05, 4.69) is 10.4 Å². The lowest BCUT2D eigenvalue weighted by Crippen LogP contribution is -2.16. The van der Waals surface area contributed by atoms with Gasteiger partial charge in [0.25, 0.3) is 5.91 Å². The maximum atomic E-state index is 13.3. The molecule has 1 heterocycles. The van der Waals surface area contributed by atoms with E-state index in [0.29, 0.717) is 28.6 Å². The molecule has 0 bridgehead atoms. The van der Waals surface area contributed by atoms with E-state index < -0.39 is 0 Å². The molecule has 0 saturated heterocycles. The Bertz CT molecular complexity index is 1040. The number of amides is 1. The van der Waals surface area contributed by atoms with Crippen LogP contribution in [0.25, 0.3) is 5.69 Å². The Kier molecular flexibility index (Phi) is 5.70. The zero-order valence-electron chi connectivity index (χ0n) is 17.0. The Balaban J connectivity index is 1.55. The van der Waals surface area contributed by atoms with Crippen LogP contribution < -0.4 is 14.8 Å². The first-order valence-electron chi connectivity index (χ1n) is 10.0. The number of nitrogens with one attached hydrogen (secondary N) is 1. The van der Waals surface area contributed by atoms with Gasteiger partial charge in [-0.3, -0.25) is 4.79 Å². The van der Waals surface area contributed by atoms with Gasteiger partial charge in [0.2, 0.25) is 0 Å². The fraction of sp³-hybridized carbons (Fsp3) is 0.304. The van der Waals surface area contributed by atoms with E-state index in [9.17, 15) is 9.18 Å². The highest BCUT2D eigenvalue weighted by molar-refractivity contribution is 6.04. The van der Waals surface area contributed by atoms with Gasteiger partial charge in [-0.25, -0.2) is 9.07 Å². The molecule has 7 heteroatoms. The topological polar surface area (TPSA) is 65.4 Å². The fourth-order valence-corrected chi connectivity index (χ4v) is 3.65. The lowest BCUT2D eigenvalue weighted by atomic mass is 10.2. The first kappa shape index (κ1) is 19.9. The van der Waals surface area contributed by atoms with Gasteiger partial charge in [-0.2, -0.15) is 5.10 Å². The van der Waals surface area contributed by atoms with Crippen LogP contribution in [0, 0.1) is 12.7 Å². The minimum atomic E-state index is -0.333. The molecule has 30 heavy (non-hydrogen) atoms. The van der Waals surface area contributed by atoms with Gasteiger partial charge in [0.1, 0.15) is 11.6 Å². The summed E-state index contributed by atoms with van der Waals surface area (Å²) in [5, 5.41) is 7.27. The minimum Gasteiger partial charge on any atom is -0.493 e. The number of nitrogens with zero attached hydrogens (tertiary/aromatic N) is 2. The second kappa shape index (κ2) is 8.57. The molecule has 3 aromatic rings. The van der Waals surface area contributed by atoms with E-state index in [4.69, 9.17) is 9.47 Å². The van der Waals surface area contributed by atoms with Gasteiger partial charge in [-0.15, -0.1) is 0 Å². The third-order valence-corrected chi connectivity index (χ3v) is 5.17. The number of hydrogen-bond donors (Lipinski definition) is 1. The van der Waals surface area contributed by atoms with E-state index in [0.717, 1.165) is 18.5 Å². The number of benzene rings is 2. The first-order chi connectivity index (χ1) is 14.5. The van der Waals surface area contributed by atoms with Gasteiger partial charge in [0.05, 0.1) is 24.6 Å². The highest BCUT2D eigenvalue weighted by Gasteiger charge is 2.20. The Morgan fingerprint density at radius 2 is 1.83 bits per heavy atom. The summed E-state index contributed by atoms with van der Waals surface area (Å²) in [5.74, 6) is 1.03. The van der Waals surface area contributed by atoms with Crippen LogP contribution in [0.3, 0.4) is 0 Å². The average Bonchev–Trinajstić information content (AvgIpc) is 3.38. The molecule has 1 aliphatic rings. The summed E-state index contributed by atoms with van der Waals surface area (Å²) in [6.07, 6.45) is 4.63. The van der Waals surface area contributed by atoms with E-state index >= 15 is 0 Å². The monoisotopic (exact) mass is 409 g/mol. The number of rotatable bonds is 6. The van der Waals surface area contributed by atoms with Crippen LogP contribution in [0.4, 0.5) is 10.2 Å². The Hall–Kier alpha value is -3.35. The lowest BCUT2D eigenvalue weighted by molar-refractivity contribution is 0.102. The standard InChI is InChI=1S/C23H24FN3O3/c1-15-13-22(27(26-15)18-10-8-17(24)9-11-18)25-23(28)16-7-12-20(21(14-16)29-2)30-19-5-3-4-6-19/h7-14,19H,3-6H2,1-2H3,(H,25,28). The summed E-state index contributed by atoms with van der Waals surface area (Å²) in [6.45, 7) is 1.83. The van der Waals surface area contributed by atoms with Crippen molar-refractivity contribution >= 4 is 11.7 Å². The van der Waals surface area contributed by atoms with E-state index in [1.54, 1.807) is 48.2 Å². The first-order valence-corrected chi connectivity index (χ1v) is 10.0. The Labute approximate surface area is 174 Å². The van der Waals surface area contributed by atoms with Gasteiger partial charge in [0, 0.05) is 11.6 Å². The molecule has 0 spiro atoms. The van der Waals surface area contributed by atoms with Crippen molar-refractivity contribution in [2.24, 2.45) is 0 Å². The number of hydrogen-bond acceptors (Lipinski definition) is 4. The average molecular weight is 409 g/mol. The minimum absolute atomic E-state index is 0.201. The van der Waals surface area contributed by atoms with Crippen molar-refractivity contribution in [3.05, 3.63) is 65.6 Å². The number of carbonyl (C=O) groups is 1. The molecule has 1 saturated carbocycles. The van der Waals surface area contributed by atoms with Gasteiger partial charge >= 0.3 is 0 Å².